The maximum absolute atomic E-state index is 12.6. The Morgan fingerprint density at radius 2 is 2.00 bits per heavy atom. The molecule has 1 unspecified atom stereocenters. The number of aryl methyl sites for hydroxylation is 1. The molecule has 0 bridgehead atoms. The van der Waals surface area contributed by atoms with Gasteiger partial charge in [0.05, 0.1) is 12.3 Å². The van der Waals surface area contributed by atoms with Gasteiger partial charge in [-0.25, -0.2) is 13.4 Å². The Labute approximate surface area is 147 Å². The number of hydrogen-bond donors (Lipinski definition) is 2. The zero-order chi connectivity index (χ0) is 17.9. The molecule has 3 heterocycles. The summed E-state index contributed by atoms with van der Waals surface area (Å²) in [6, 6.07) is 3.17. The molecule has 0 saturated carbocycles. The average molecular weight is 365 g/mol. The minimum Gasteiger partial charge on any atom is -0.386 e. The van der Waals surface area contributed by atoms with E-state index in [2.05, 4.69) is 15.4 Å². The second-order valence-electron chi connectivity index (χ2n) is 6.19. The van der Waals surface area contributed by atoms with Crippen molar-refractivity contribution in [2.45, 2.75) is 30.3 Å². The lowest BCUT2D eigenvalue weighted by Gasteiger charge is -2.25. The van der Waals surface area contributed by atoms with Gasteiger partial charge in [-0.3, -0.25) is 4.68 Å². The van der Waals surface area contributed by atoms with Crippen LogP contribution in [0.4, 0.5) is 5.82 Å². The highest BCUT2D eigenvalue weighted by Gasteiger charge is 2.26. The van der Waals surface area contributed by atoms with Crippen LogP contribution in [0, 0.1) is 0 Å². The number of nitrogens with zero attached hydrogens (tertiary/aromatic N) is 4. The summed E-state index contributed by atoms with van der Waals surface area (Å²) in [6.45, 7) is 1.40. The van der Waals surface area contributed by atoms with Crippen LogP contribution in [-0.2, 0) is 17.1 Å². The first-order valence-electron chi connectivity index (χ1n) is 8.33. The number of sulfonamides is 1. The quantitative estimate of drug-likeness (QED) is 0.796. The second kappa shape index (κ2) is 7.51. The van der Waals surface area contributed by atoms with Crippen molar-refractivity contribution in [2.24, 2.45) is 7.05 Å². The smallest absolute Gasteiger partial charge is 0.244 e. The molecule has 2 aromatic heterocycles. The largest absolute Gasteiger partial charge is 0.386 e. The van der Waals surface area contributed by atoms with Gasteiger partial charge < -0.3 is 10.4 Å². The Morgan fingerprint density at radius 3 is 2.60 bits per heavy atom. The van der Waals surface area contributed by atoms with Gasteiger partial charge in [-0.15, -0.1) is 0 Å². The Bertz CT molecular complexity index is 797. The fourth-order valence-electron chi connectivity index (χ4n) is 2.82. The Balaban J connectivity index is 1.62. The number of anilines is 1. The fourth-order valence-corrected chi connectivity index (χ4v) is 4.29. The molecule has 136 valence electrons. The lowest BCUT2D eigenvalue weighted by Crippen LogP contribution is -2.35. The van der Waals surface area contributed by atoms with E-state index in [0.29, 0.717) is 24.5 Å². The molecule has 1 saturated heterocycles. The second-order valence-corrected chi connectivity index (χ2v) is 8.13. The minimum absolute atomic E-state index is 0.202. The summed E-state index contributed by atoms with van der Waals surface area (Å²) in [6.07, 6.45) is 6.88. The van der Waals surface area contributed by atoms with E-state index in [1.807, 2.05) is 0 Å². The predicted molar refractivity (Wildman–Crippen MR) is 93.5 cm³/mol. The zero-order valence-corrected chi connectivity index (χ0v) is 15.0. The Morgan fingerprint density at radius 1 is 1.24 bits per heavy atom. The molecule has 0 radical (unpaired) electrons. The molecule has 1 aliphatic heterocycles. The summed E-state index contributed by atoms with van der Waals surface area (Å²) in [7, 11) is -1.68. The molecular formula is C16H23N5O3S. The number of aliphatic hydroxyl groups is 1. The zero-order valence-electron chi connectivity index (χ0n) is 14.2. The first-order valence-corrected chi connectivity index (χ1v) is 9.77. The van der Waals surface area contributed by atoms with Crippen LogP contribution in [-0.4, -0.2) is 52.2 Å². The van der Waals surface area contributed by atoms with Crippen molar-refractivity contribution in [1.29, 1.82) is 0 Å². The van der Waals surface area contributed by atoms with Gasteiger partial charge in [0.1, 0.15) is 10.7 Å². The van der Waals surface area contributed by atoms with E-state index in [-0.39, 0.29) is 11.4 Å². The van der Waals surface area contributed by atoms with Crippen molar-refractivity contribution in [2.75, 3.05) is 25.0 Å². The number of aromatic nitrogens is 3. The first kappa shape index (κ1) is 17.8. The molecule has 2 N–H and O–H groups in total. The third kappa shape index (κ3) is 4.17. The molecule has 0 aliphatic carbocycles. The van der Waals surface area contributed by atoms with Gasteiger partial charge in [-0.1, -0.05) is 6.42 Å². The maximum Gasteiger partial charge on any atom is 0.244 e. The van der Waals surface area contributed by atoms with E-state index in [4.69, 9.17) is 0 Å². The van der Waals surface area contributed by atoms with Gasteiger partial charge in [0.15, 0.2) is 0 Å². The molecule has 0 amide bonds. The van der Waals surface area contributed by atoms with Gasteiger partial charge in [0, 0.05) is 44.6 Å². The van der Waals surface area contributed by atoms with E-state index in [1.165, 1.54) is 10.5 Å². The number of aliphatic hydroxyl groups excluding tert-OH is 1. The summed E-state index contributed by atoms with van der Waals surface area (Å²) < 4.78 is 28.3. The summed E-state index contributed by atoms with van der Waals surface area (Å²) in [5, 5.41) is 17.1. The van der Waals surface area contributed by atoms with Crippen LogP contribution in [0.1, 0.15) is 30.9 Å². The Kier molecular flexibility index (Phi) is 5.36. The first-order chi connectivity index (χ1) is 12.0. The van der Waals surface area contributed by atoms with Gasteiger partial charge in [-0.2, -0.15) is 9.40 Å². The third-order valence-electron chi connectivity index (χ3n) is 4.28. The summed E-state index contributed by atoms with van der Waals surface area (Å²) in [5.74, 6) is 0.514. The highest BCUT2D eigenvalue weighted by molar-refractivity contribution is 7.89. The van der Waals surface area contributed by atoms with Crippen molar-refractivity contribution < 1.29 is 13.5 Å². The molecule has 0 aromatic carbocycles. The highest BCUT2D eigenvalue weighted by Crippen LogP contribution is 2.21. The molecule has 8 nitrogen and oxygen atoms in total. The van der Waals surface area contributed by atoms with E-state index in [1.54, 1.807) is 36.3 Å². The van der Waals surface area contributed by atoms with Crippen molar-refractivity contribution in [1.82, 2.24) is 19.1 Å². The molecule has 2 aromatic rings. The SMILES string of the molecule is Cn1cc(C(O)CNc2ccc(S(=O)(=O)N3CCCCC3)cn2)cn1. The van der Waals surface area contributed by atoms with Crippen LogP contribution < -0.4 is 5.32 Å². The van der Waals surface area contributed by atoms with Crippen molar-refractivity contribution in [3.63, 3.8) is 0 Å². The standard InChI is InChI=1S/C16H23N5O3S/c1-20-12-13(9-19-20)15(22)11-18-16-6-5-14(10-17-16)25(23,24)21-7-3-2-4-8-21/h5-6,9-10,12,15,22H,2-4,7-8,11H2,1H3,(H,17,18). The van der Waals surface area contributed by atoms with Crippen molar-refractivity contribution >= 4 is 15.8 Å². The molecule has 25 heavy (non-hydrogen) atoms. The van der Waals surface area contributed by atoms with E-state index in [9.17, 15) is 13.5 Å². The van der Waals surface area contributed by atoms with Crippen LogP contribution in [0.15, 0.2) is 35.6 Å². The predicted octanol–water partition coefficient (Wildman–Crippen LogP) is 1.14. The molecule has 3 rings (SSSR count). The summed E-state index contributed by atoms with van der Waals surface area (Å²) in [4.78, 5) is 4.36. The lowest BCUT2D eigenvalue weighted by molar-refractivity contribution is 0.191. The summed E-state index contributed by atoms with van der Waals surface area (Å²) >= 11 is 0. The third-order valence-corrected chi connectivity index (χ3v) is 6.16. The van der Waals surface area contributed by atoms with Gasteiger partial charge in [-0.05, 0) is 25.0 Å². The molecule has 0 spiro atoms. The molecule has 1 fully saturated rings. The number of rotatable bonds is 6. The fraction of sp³-hybridized carbons (Fsp3) is 0.500. The van der Waals surface area contributed by atoms with Gasteiger partial charge in [0.2, 0.25) is 10.0 Å². The average Bonchev–Trinajstić information content (AvgIpc) is 3.07. The van der Waals surface area contributed by atoms with Crippen molar-refractivity contribution in [3.05, 3.63) is 36.3 Å². The number of hydrogen-bond acceptors (Lipinski definition) is 6. The highest BCUT2D eigenvalue weighted by atomic mass is 32.2. The lowest BCUT2D eigenvalue weighted by atomic mass is 10.2. The van der Waals surface area contributed by atoms with Crippen LogP contribution in [0.3, 0.4) is 0 Å². The number of pyridine rings is 1. The number of piperidine rings is 1. The molecule has 1 atom stereocenters. The molecule has 1 aliphatic rings. The minimum atomic E-state index is -3.47. The Hall–Kier alpha value is -1.97. The maximum atomic E-state index is 12.6. The monoisotopic (exact) mass is 365 g/mol. The van der Waals surface area contributed by atoms with E-state index < -0.39 is 16.1 Å². The molecule has 9 heteroatoms. The van der Waals surface area contributed by atoms with Crippen LogP contribution >= 0.6 is 0 Å². The normalized spacial score (nSPS) is 17.4. The van der Waals surface area contributed by atoms with E-state index in [0.717, 1.165) is 19.3 Å². The number of nitrogens with one attached hydrogen (secondary N) is 1. The van der Waals surface area contributed by atoms with Crippen LogP contribution in [0.5, 0.6) is 0 Å². The van der Waals surface area contributed by atoms with Crippen LogP contribution in [0.25, 0.3) is 0 Å². The van der Waals surface area contributed by atoms with Crippen molar-refractivity contribution in [3.8, 4) is 0 Å². The van der Waals surface area contributed by atoms with Gasteiger partial charge >= 0.3 is 0 Å². The summed E-state index contributed by atoms with van der Waals surface area (Å²) in [5.41, 5.74) is 0.708. The molecular weight excluding hydrogens is 342 g/mol. The topological polar surface area (TPSA) is 100 Å². The van der Waals surface area contributed by atoms with E-state index >= 15 is 0 Å². The van der Waals surface area contributed by atoms with Crippen LogP contribution in [0.2, 0.25) is 0 Å². The van der Waals surface area contributed by atoms with Gasteiger partial charge in [0.25, 0.3) is 0 Å².